The molecule has 1 fully saturated rings. The van der Waals surface area contributed by atoms with Gasteiger partial charge in [0.05, 0.1) is 7.11 Å². The van der Waals surface area contributed by atoms with E-state index in [4.69, 9.17) is 4.74 Å². The number of benzene rings is 2. The van der Waals surface area contributed by atoms with Gasteiger partial charge in [-0.1, -0.05) is 30.3 Å². The predicted octanol–water partition coefficient (Wildman–Crippen LogP) is 2.94. The third-order valence-electron chi connectivity index (χ3n) is 4.00. The molecular weight excluding hydrogens is 475 g/mol. The number of para-hydroxylation sites is 1. The number of amides is 3. The summed E-state index contributed by atoms with van der Waals surface area (Å²) in [5.41, 5.74) is 1.72. The fourth-order valence-electron chi connectivity index (χ4n) is 2.54. The Labute approximate surface area is 175 Å². The monoisotopic (exact) mass is 492 g/mol. The zero-order chi connectivity index (χ0) is 20.1. The largest absolute Gasteiger partial charge is 0.488 e. The highest BCUT2D eigenvalue weighted by molar-refractivity contribution is 14.1. The molecule has 1 saturated heterocycles. The predicted molar refractivity (Wildman–Crippen MR) is 110 cm³/mol. The number of carbonyl (C=O) groups is 3. The Hall–Kier alpha value is -2.88. The van der Waals surface area contributed by atoms with E-state index >= 15 is 0 Å². The molecule has 28 heavy (non-hydrogen) atoms. The molecule has 7 nitrogen and oxygen atoms in total. The number of imide groups is 1. The maximum absolute atomic E-state index is 12.4. The van der Waals surface area contributed by atoms with E-state index in [-0.39, 0.29) is 5.70 Å². The lowest BCUT2D eigenvalue weighted by Crippen LogP contribution is -2.36. The van der Waals surface area contributed by atoms with Gasteiger partial charge in [0.25, 0.3) is 5.91 Å². The van der Waals surface area contributed by atoms with Gasteiger partial charge in [-0.15, -0.1) is 0 Å². The van der Waals surface area contributed by atoms with Gasteiger partial charge < -0.3 is 14.8 Å². The molecule has 2 aromatic carbocycles. The third kappa shape index (κ3) is 4.69. The molecule has 1 aliphatic heterocycles. The second-order valence-electron chi connectivity index (χ2n) is 5.91. The fourth-order valence-corrected chi connectivity index (χ4v) is 2.90. The normalized spacial score (nSPS) is 14.9. The fraction of sp³-hybridized carbons (Fsp3) is 0.150. The summed E-state index contributed by atoms with van der Waals surface area (Å²) >= 11 is 2.24. The molecule has 1 heterocycles. The Kier molecular flexibility index (Phi) is 6.30. The van der Waals surface area contributed by atoms with Crippen molar-refractivity contribution in [1.29, 1.82) is 0 Å². The summed E-state index contributed by atoms with van der Waals surface area (Å²) in [6.45, 7) is -0.0741. The number of nitrogens with one attached hydrogen (secondary N) is 1. The van der Waals surface area contributed by atoms with Gasteiger partial charge >= 0.3 is 12.0 Å². The van der Waals surface area contributed by atoms with Crippen molar-refractivity contribution in [3.05, 3.63) is 68.9 Å². The molecule has 1 N–H and O–H groups in total. The van der Waals surface area contributed by atoms with Gasteiger partial charge in [0.1, 0.15) is 24.6 Å². The number of hydrogen-bond acceptors (Lipinski definition) is 5. The van der Waals surface area contributed by atoms with Crippen molar-refractivity contribution in [2.75, 3.05) is 13.7 Å². The molecule has 1 aliphatic rings. The van der Waals surface area contributed by atoms with Crippen molar-refractivity contribution < 1.29 is 23.9 Å². The van der Waals surface area contributed by atoms with Gasteiger partial charge in [0.2, 0.25) is 0 Å². The van der Waals surface area contributed by atoms with Crippen LogP contribution in [0.4, 0.5) is 4.79 Å². The van der Waals surface area contributed by atoms with E-state index < -0.39 is 24.5 Å². The lowest BCUT2D eigenvalue weighted by Gasteiger charge is -2.10. The number of hydrogen-bond donors (Lipinski definition) is 1. The topological polar surface area (TPSA) is 84.9 Å². The Morgan fingerprint density at radius 3 is 2.57 bits per heavy atom. The first kappa shape index (κ1) is 19.9. The highest BCUT2D eigenvalue weighted by Gasteiger charge is 2.35. The van der Waals surface area contributed by atoms with Gasteiger partial charge in [0.15, 0.2) is 0 Å². The first-order chi connectivity index (χ1) is 13.5. The number of esters is 1. The Morgan fingerprint density at radius 1 is 1.14 bits per heavy atom. The van der Waals surface area contributed by atoms with Gasteiger partial charge in [-0.3, -0.25) is 9.59 Å². The van der Waals surface area contributed by atoms with Gasteiger partial charge in [0, 0.05) is 9.13 Å². The average molecular weight is 492 g/mol. The van der Waals surface area contributed by atoms with E-state index in [2.05, 4.69) is 32.6 Å². The first-order valence-corrected chi connectivity index (χ1v) is 9.43. The van der Waals surface area contributed by atoms with Crippen LogP contribution in [0.25, 0.3) is 6.08 Å². The number of methoxy groups -OCH3 is 1. The molecule has 3 amide bonds. The number of urea groups is 1. The summed E-state index contributed by atoms with van der Waals surface area (Å²) in [5.74, 6) is -0.698. The van der Waals surface area contributed by atoms with Crippen LogP contribution in [0.5, 0.6) is 5.75 Å². The van der Waals surface area contributed by atoms with Crippen molar-refractivity contribution in [2.24, 2.45) is 0 Å². The zero-order valence-corrected chi connectivity index (χ0v) is 17.1. The number of nitrogens with zero attached hydrogens (tertiary/aromatic N) is 1. The molecule has 0 spiro atoms. The molecule has 0 saturated carbocycles. The lowest BCUT2D eigenvalue weighted by atomic mass is 10.1. The summed E-state index contributed by atoms with van der Waals surface area (Å²) in [4.78, 5) is 36.6. The summed E-state index contributed by atoms with van der Waals surface area (Å²) in [5, 5.41) is 2.47. The molecule has 0 bridgehead atoms. The first-order valence-electron chi connectivity index (χ1n) is 8.35. The van der Waals surface area contributed by atoms with E-state index in [1.165, 1.54) is 13.2 Å². The maximum Gasteiger partial charge on any atom is 0.329 e. The highest BCUT2D eigenvalue weighted by Crippen LogP contribution is 2.24. The number of carbonyl (C=O) groups excluding carboxylic acids is 3. The van der Waals surface area contributed by atoms with Crippen LogP contribution >= 0.6 is 22.6 Å². The summed E-state index contributed by atoms with van der Waals surface area (Å²) in [6, 6.07) is 14.5. The van der Waals surface area contributed by atoms with Crippen LogP contribution in [0.1, 0.15) is 11.1 Å². The molecular formula is C20H17IN2O5. The maximum atomic E-state index is 12.4. The van der Waals surface area contributed by atoms with E-state index in [9.17, 15) is 14.4 Å². The van der Waals surface area contributed by atoms with Crippen LogP contribution < -0.4 is 10.1 Å². The van der Waals surface area contributed by atoms with Crippen molar-refractivity contribution in [3.8, 4) is 5.75 Å². The van der Waals surface area contributed by atoms with Gasteiger partial charge in [-0.05, 0) is 52.4 Å². The van der Waals surface area contributed by atoms with Crippen LogP contribution in [-0.2, 0) is 20.9 Å². The third-order valence-corrected chi connectivity index (χ3v) is 4.72. The minimum absolute atomic E-state index is 0.0687. The highest BCUT2D eigenvalue weighted by atomic mass is 127. The number of rotatable bonds is 6. The van der Waals surface area contributed by atoms with Crippen molar-refractivity contribution >= 4 is 46.6 Å². The van der Waals surface area contributed by atoms with E-state index in [0.29, 0.717) is 17.9 Å². The van der Waals surface area contributed by atoms with Crippen LogP contribution in [0.2, 0.25) is 0 Å². The van der Waals surface area contributed by atoms with Gasteiger partial charge in [-0.25, -0.2) is 9.69 Å². The molecule has 0 atom stereocenters. The molecule has 0 radical (unpaired) electrons. The second kappa shape index (κ2) is 8.87. The quantitative estimate of drug-likeness (QED) is 0.290. The number of ether oxygens (including phenoxy) is 2. The molecule has 2 aromatic rings. The molecule has 0 unspecified atom stereocenters. The number of halogens is 1. The van der Waals surface area contributed by atoms with Crippen LogP contribution in [0.15, 0.2) is 54.2 Å². The molecule has 3 rings (SSSR count). The van der Waals surface area contributed by atoms with Crippen molar-refractivity contribution in [3.63, 3.8) is 0 Å². The van der Waals surface area contributed by atoms with Crippen molar-refractivity contribution in [1.82, 2.24) is 10.2 Å². The smallest absolute Gasteiger partial charge is 0.329 e. The molecule has 0 aliphatic carbocycles. The molecule has 144 valence electrons. The van der Waals surface area contributed by atoms with Crippen LogP contribution in [-0.4, -0.2) is 36.5 Å². The minimum Gasteiger partial charge on any atom is -0.488 e. The standard InChI is InChI=1S/C20H17IN2O5/c1-27-18(24)11-23-19(25)16(22-20(23)26)10-14-4-2-3-5-17(14)28-12-13-6-8-15(21)9-7-13/h2-10H,11-12H2,1H3,(H,22,26)/b16-10+. The summed E-state index contributed by atoms with van der Waals surface area (Å²) in [7, 11) is 1.19. The summed E-state index contributed by atoms with van der Waals surface area (Å²) < 4.78 is 11.5. The average Bonchev–Trinajstić information content (AvgIpc) is 2.95. The Morgan fingerprint density at radius 2 is 1.86 bits per heavy atom. The van der Waals surface area contributed by atoms with Crippen LogP contribution in [0.3, 0.4) is 0 Å². The van der Waals surface area contributed by atoms with E-state index in [1.807, 2.05) is 30.3 Å². The Balaban J connectivity index is 1.77. The lowest BCUT2D eigenvalue weighted by molar-refractivity contribution is -0.143. The minimum atomic E-state index is -0.675. The molecule has 8 heteroatoms. The zero-order valence-electron chi connectivity index (χ0n) is 15.0. The van der Waals surface area contributed by atoms with E-state index in [1.54, 1.807) is 18.2 Å². The van der Waals surface area contributed by atoms with Crippen molar-refractivity contribution in [2.45, 2.75) is 6.61 Å². The summed E-state index contributed by atoms with van der Waals surface area (Å²) in [6.07, 6.45) is 1.53. The van der Waals surface area contributed by atoms with Crippen LogP contribution in [0, 0.1) is 3.57 Å². The van der Waals surface area contributed by atoms with E-state index in [0.717, 1.165) is 14.0 Å². The Bertz CT molecular complexity index is 940. The SMILES string of the molecule is COC(=O)CN1C(=O)N/C(=C/c2ccccc2OCc2ccc(I)cc2)C1=O. The molecule has 0 aromatic heterocycles. The van der Waals surface area contributed by atoms with Gasteiger partial charge in [-0.2, -0.15) is 0 Å². The second-order valence-corrected chi connectivity index (χ2v) is 7.15.